The third-order valence-corrected chi connectivity index (χ3v) is 10.3. The fourth-order valence-corrected chi connectivity index (χ4v) is 7.25. The third kappa shape index (κ3) is 7.73. The first kappa shape index (κ1) is 36.8. The van der Waals surface area contributed by atoms with E-state index in [1.807, 2.05) is 33.6 Å². The molecule has 2 fully saturated rings. The van der Waals surface area contributed by atoms with E-state index in [1.54, 1.807) is 24.9 Å². The molecule has 18 heteroatoms. The summed E-state index contributed by atoms with van der Waals surface area (Å²) in [5, 5.41) is 19.6. The molecule has 3 aromatic heterocycles. The molecule has 1 unspecified atom stereocenters. The Bertz CT molecular complexity index is 2350. The van der Waals surface area contributed by atoms with E-state index in [4.69, 9.17) is 4.42 Å². The van der Waals surface area contributed by atoms with Gasteiger partial charge in [-0.3, -0.25) is 43.4 Å². The van der Waals surface area contributed by atoms with Crippen LogP contribution < -0.4 is 26.2 Å². The summed E-state index contributed by atoms with van der Waals surface area (Å²) in [6, 6.07) is 15.4. The van der Waals surface area contributed by atoms with Gasteiger partial charge in [0, 0.05) is 68.7 Å². The van der Waals surface area contributed by atoms with Crippen LogP contribution in [0.4, 0.5) is 17.3 Å². The van der Waals surface area contributed by atoms with E-state index in [9.17, 15) is 28.8 Å². The first-order chi connectivity index (χ1) is 27.7. The van der Waals surface area contributed by atoms with Crippen molar-refractivity contribution in [2.24, 2.45) is 0 Å². The molecule has 5 aromatic rings. The molecule has 0 aliphatic carbocycles. The van der Waals surface area contributed by atoms with Gasteiger partial charge in [0.05, 0.1) is 30.5 Å². The normalized spacial score (nSPS) is 16.8. The predicted octanol–water partition coefficient (Wildman–Crippen LogP) is 2.05. The second-order valence-corrected chi connectivity index (χ2v) is 13.9. The van der Waals surface area contributed by atoms with E-state index in [1.165, 1.54) is 12.1 Å². The lowest BCUT2D eigenvalue weighted by molar-refractivity contribution is -0.136. The lowest BCUT2D eigenvalue weighted by atomic mass is 10.0. The molecule has 6 amide bonds. The minimum atomic E-state index is -1.05. The number of furan rings is 1. The SMILES string of the molecule is O=C(CNc1ccc2c(c1)C(=O)N(C1CCC(=O)NC1=O)C2=O)NCCCC(=O)N1CCN(c2ccc(-c3cnc(NCc4ccco4)n4cnnc34)cc2)CC1. The predicted molar refractivity (Wildman–Crippen MR) is 205 cm³/mol. The number of amides is 6. The van der Waals surface area contributed by atoms with Crippen molar-refractivity contribution in [1.82, 2.24) is 40.0 Å². The van der Waals surface area contributed by atoms with Crippen LogP contribution in [0.2, 0.25) is 0 Å². The molecule has 57 heavy (non-hydrogen) atoms. The highest BCUT2D eigenvalue weighted by Crippen LogP contribution is 2.30. The number of rotatable bonds is 13. The van der Waals surface area contributed by atoms with Crippen LogP contribution in [0.25, 0.3) is 16.8 Å². The van der Waals surface area contributed by atoms with Gasteiger partial charge in [0.2, 0.25) is 29.6 Å². The smallest absolute Gasteiger partial charge is 0.262 e. The van der Waals surface area contributed by atoms with Gasteiger partial charge in [-0.15, -0.1) is 10.2 Å². The highest BCUT2D eigenvalue weighted by molar-refractivity contribution is 6.23. The van der Waals surface area contributed by atoms with Gasteiger partial charge in [0.1, 0.15) is 18.1 Å². The average molecular weight is 774 g/mol. The topological polar surface area (TPSA) is 216 Å². The van der Waals surface area contributed by atoms with Crippen LogP contribution in [0.3, 0.4) is 0 Å². The minimum absolute atomic E-state index is 0.0343. The number of aromatic nitrogens is 4. The monoisotopic (exact) mass is 773 g/mol. The van der Waals surface area contributed by atoms with E-state index in [0.29, 0.717) is 69.4 Å². The maximum Gasteiger partial charge on any atom is 0.262 e. The lowest BCUT2D eigenvalue weighted by Gasteiger charge is -2.36. The van der Waals surface area contributed by atoms with E-state index in [0.717, 1.165) is 27.5 Å². The quantitative estimate of drug-likeness (QED) is 0.0997. The summed E-state index contributed by atoms with van der Waals surface area (Å²) < 4.78 is 7.21. The maximum absolute atomic E-state index is 13.1. The van der Waals surface area contributed by atoms with Crippen LogP contribution in [-0.4, -0.2) is 110 Å². The van der Waals surface area contributed by atoms with Gasteiger partial charge < -0.3 is 30.2 Å². The third-order valence-electron chi connectivity index (χ3n) is 10.3. The molecule has 0 radical (unpaired) electrons. The summed E-state index contributed by atoms with van der Waals surface area (Å²) in [5.41, 5.74) is 4.26. The zero-order chi connectivity index (χ0) is 39.5. The van der Waals surface area contributed by atoms with E-state index >= 15 is 0 Å². The van der Waals surface area contributed by atoms with Crippen LogP contribution in [0.5, 0.6) is 0 Å². The summed E-state index contributed by atoms with van der Waals surface area (Å²) in [5.74, 6) is -1.21. The van der Waals surface area contributed by atoms with Gasteiger partial charge in [0.25, 0.3) is 11.8 Å². The Morgan fingerprint density at radius 1 is 0.912 bits per heavy atom. The van der Waals surface area contributed by atoms with Crippen molar-refractivity contribution in [3.63, 3.8) is 0 Å². The number of carbonyl (C=O) groups excluding carboxylic acids is 6. The van der Waals surface area contributed by atoms with Gasteiger partial charge >= 0.3 is 0 Å². The maximum atomic E-state index is 13.1. The Labute approximate surface area is 325 Å². The van der Waals surface area contributed by atoms with Gasteiger partial charge in [-0.25, -0.2) is 4.98 Å². The molecule has 1 atom stereocenters. The molecule has 4 N–H and O–H groups in total. The van der Waals surface area contributed by atoms with Crippen LogP contribution in [0.15, 0.2) is 77.8 Å². The molecule has 292 valence electrons. The van der Waals surface area contributed by atoms with Crippen molar-refractivity contribution in [2.75, 3.05) is 54.8 Å². The van der Waals surface area contributed by atoms with Gasteiger partial charge in [-0.2, -0.15) is 0 Å². The second kappa shape index (κ2) is 15.9. The molecule has 0 bridgehead atoms. The number of nitrogens with zero attached hydrogens (tertiary/aromatic N) is 7. The first-order valence-corrected chi connectivity index (χ1v) is 18.7. The molecule has 0 spiro atoms. The molecule has 18 nitrogen and oxygen atoms in total. The van der Waals surface area contributed by atoms with Crippen LogP contribution >= 0.6 is 0 Å². The fourth-order valence-electron chi connectivity index (χ4n) is 7.25. The number of nitrogens with one attached hydrogen (secondary N) is 4. The fraction of sp³-hybridized carbons (Fsp3) is 0.308. The standard InChI is InChI=1S/C39H39N11O7/c51-32-12-11-31(36(54)45-32)50-37(55)28-10-7-25(19-29(28)38(50)56)41-22-33(52)40-13-1-4-34(53)48-16-14-47(15-17-48)26-8-5-24(6-9-26)30-21-43-39(49-23-44-46-35(30)49)42-20-27-3-2-18-57-27/h2-3,5-10,18-19,21,23,31,41H,1,4,11-17,20,22H2,(H,40,52)(H,42,43)(H,45,51,54). The molecular weight excluding hydrogens is 734 g/mol. The second-order valence-electron chi connectivity index (χ2n) is 13.9. The van der Waals surface area contributed by atoms with Gasteiger partial charge in [-0.1, -0.05) is 12.1 Å². The Morgan fingerprint density at radius 3 is 2.49 bits per heavy atom. The van der Waals surface area contributed by atoms with Crippen molar-refractivity contribution in [2.45, 2.75) is 38.3 Å². The summed E-state index contributed by atoms with van der Waals surface area (Å²) in [4.78, 5) is 84.9. The number of carbonyl (C=O) groups is 6. The molecule has 6 heterocycles. The van der Waals surface area contributed by atoms with Crippen molar-refractivity contribution in [3.05, 3.63) is 90.3 Å². The summed E-state index contributed by atoms with van der Waals surface area (Å²) in [6.45, 7) is 3.27. The average Bonchev–Trinajstić information content (AvgIpc) is 3.99. The number of piperazine rings is 1. The number of hydrogen-bond donors (Lipinski definition) is 4. The van der Waals surface area contributed by atoms with Gasteiger partial charge in [-0.05, 0) is 60.9 Å². The van der Waals surface area contributed by atoms with Crippen LogP contribution in [0, 0.1) is 0 Å². The summed E-state index contributed by atoms with van der Waals surface area (Å²) >= 11 is 0. The molecule has 2 saturated heterocycles. The molecule has 3 aliphatic rings. The Hall–Kier alpha value is -7.11. The number of anilines is 3. The molecular formula is C39H39N11O7. The number of piperidine rings is 1. The van der Waals surface area contributed by atoms with E-state index in [2.05, 4.69) is 53.5 Å². The Balaban J connectivity index is 0.753. The van der Waals surface area contributed by atoms with Crippen molar-refractivity contribution in [3.8, 4) is 11.1 Å². The van der Waals surface area contributed by atoms with Crippen LogP contribution in [-0.2, 0) is 25.7 Å². The van der Waals surface area contributed by atoms with Crippen molar-refractivity contribution in [1.29, 1.82) is 0 Å². The number of hydrogen-bond acceptors (Lipinski definition) is 13. The van der Waals surface area contributed by atoms with Gasteiger partial charge in [0.15, 0.2) is 5.65 Å². The number of benzene rings is 2. The van der Waals surface area contributed by atoms with Crippen LogP contribution in [0.1, 0.15) is 52.2 Å². The van der Waals surface area contributed by atoms with E-state index < -0.39 is 29.7 Å². The minimum Gasteiger partial charge on any atom is -0.467 e. The molecule has 8 rings (SSSR count). The number of fused-ring (bicyclic) bond motifs is 2. The molecule has 2 aromatic carbocycles. The van der Waals surface area contributed by atoms with Crippen molar-refractivity contribution >= 4 is 58.4 Å². The molecule has 3 aliphatic heterocycles. The number of imide groups is 2. The zero-order valence-electron chi connectivity index (χ0n) is 30.8. The Morgan fingerprint density at radius 2 is 1.72 bits per heavy atom. The van der Waals surface area contributed by atoms with Crippen molar-refractivity contribution < 1.29 is 33.2 Å². The largest absolute Gasteiger partial charge is 0.467 e. The zero-order valence-corrected chi connectivity index (χ0v) is 30.8. The Kier molecular flexibility index (Phi) is 10.3. The lowest BCUT2D eigenvalue weighted by Crippen LogP contribution is -2.54. The first-order valence-electron chi connectivity index (χ1n) is 18.7. The highest BCUT2D eigenvalue weighted by Gasteiger charge is 2.44. The van der Waals surface area contributed by atoms with E-state index in [-0.39, 0.29) is 42.3 Å². The summed E-state index contributed by atoms with van der Waals surface area (Å²) in [6.07, 6.45) is 5.91. The molecule has 0 saturated carbocycles. The summed E-state index contributed by atoms with van der Waals surface area (Å²) in [7, 11) is 0. The highest BCUT2D eigenvalue weighted by atomic mass is 16.3.